The SMILES string of the molecule is COc1ccc(C)cc1C(C)NC(=O)c1ccc(CN)cc1.Cl. The second kappa shape index (κ2) is 8.56. The van der Waals surface area contributed by atoms with Crippen LogP contribution in [0, 0.1) is 6.92 Å². The summed E-state index contributed by atoms with van der Waals surface area (Å²) in [4.78, 5) is 12.3. The fraction of sp³-hybridized carbons (Fsp3) is 0.278. The van der Waals surface area contributed by atoms with Gasteiger partial charge in [0.15, 0.2) is 0 Å². The summed E-state index contributed by atoms with van der Waals surface area (Å²) < 4.78 is 5.37. The van der Waals surface area contributed by atoms with Crippen molar-refractivity contribution < 1.29 is 9.53 Å². The van der Waals surface area contributed by atoms with Crippen LogP contribution < -0.4 is 15.8 Å². The van der Waals surface area contributed by atoms with E-state index in [9.17, 15) is 4.79 Å². The molecule has 23 heavy (non-hydrogen) atoms. The van der Waals surface area contributed by atoms with Gasteiger partial charge in [0.2, 0.25) is 0 Å². The van der Waals surface area contributed by atoms with E-state index in [2.05, 4.69) is 5.32 Å². The number of ether oxygens (including phenoxy) is 1. The molecule has 2 aromatic carbocycles. The Hall–Kier alpha value is -2.04. The van der Waals surface area contributed by atoms with Gasteiger partial charge in [-0.05, 0) is 37.6 Å². The van der Waals surface area contributed by atoms with E-state index in [1.807, 2.05) is 44.2 Å². The van der Waals surface area contributed by atoms with Gasteiger partial charge in [-0.25, -0.2) is 0 Å². The van der Waals surface area contributed by atoms with E-state index >= 15 is 0 Å². The molecule has 0 aliphatic carbocycles. The number of nitrogens with one attached hydrogen (secondary N) is 1. The number of aryl methyl sites for hydroxylation is 1. The summed E-state index contributed by atoms with van der Waals surface area (Å²) in [7, 11) is 1.63. The molecule has 0 saturated heterocycles. The summed E-state index contributed by atoms with van der Waals surface area (Å²) >= 11 is 0. The number of hydrogen-bond acceptors (Lipinski definition) is 3. The molecule has 0 radical (unpaired) electrons. The largest absolute Gasteiger partial charge is 0.496 e. The number of carbonyl (C=O) groups excluding carboxylic acids is 1. The molecule has 0 bridgehead atoms. The molecule has 3 N–H and O–H groups in total. The van der Waals surface area contributed by atoms with Gasteiger partial charge in [0.25, 0.3) is 5.91 Å². The van der Waals surface area contributed by atoms with Gasteiger partial charge in [0.1, 0.15) is 5.75 Å². The molecule has 4 nitrogen and oxygen atoms in total. The van der Waals surface area contributed by atoms with Crippen molar-refractivity contribution in [1.29, 1.82) is 0 Å². The third-order valence-electron chi connectivity index (χ3n) is 3.65. The molecule has 2 aromatic rings. The molecule has 1 atom stereocenters. The van der Waals surface area contributed by atoms with Gasteiger partial charge in [-0.1, -0.05) is 29.8 Å². The van der Waals surface area contributed by atoms with E-state index in [1.54, 1.807) is 19.2 Å². The van der Waals surface area contributed by atoms with Gasteiger partial charge in [-0.15, -0.1) is 12.4 Å². The normalized spacial score (nSPS) is 11.3. The molecule has 0 aliphatic heterocycles. The average molecular weight is 335 g/mol. The Kier molecular flexibility index (Phi) is 7.07. The van der Waals surface area contributed by atoms with Crippen molar-refractivity contribution in [2.45, 2.75) is 26.4 Å². The smallest absolute Gasteiger partial charge is 0.251 e. The van der Waals surface area contributed by atoms with Crippen LogP contribution in [-0.2, 0) is 6.54 Å². The van der Waals surface area contributed by atoms with Crippen molar-refractivity contribution >= 4 is 18.3 Å². The maximum atomic E-state index is 12.3. The lowest BCUT2D eigenvalue weighted by Gasteiger charge is -2.18. The minimum Gasteiger partial charge on any atom is -0.496 e. The molecule has 0 aliphatic rings. The predicted molar refractivity (Wildman–Crippen MR) is 95.2 cm³/mol. The number of rotatable bonds is 5. The molecule has 1 unspecified atom stereocenters. The van der Waals surface area contributed by atoms with Gasteiger partial charge < -0.3 is 15.8 Å². The fourth-order valence-electron chi connectivity index (χ4n) is 2.34. The van der Waals surface area contributed by atoms with Crippen LogP contribution in [0.4, 0.5) is 0 Å². The van der Waals surface area contributed by atoms with Gasteiger partial charge in [0, 0.05) is 17.7 Å². The van der Waals surface area contributed by atoms with Crippen LogP contribution in [0.1, 0.15) is 40.0 Å². The van der Waals surface area contributed by atoms with Crippen molar-refractivity contribution in [3.63, 3.8) is 0 Å². The van der Waals surface area contributed by atoms with Gasteiger partial charge in [0.05, 0.1) is 13.2 Å². The monoisotopic (exact) mass is 334 g/mol. The number of halogens is 1. The zero-order chi connectivity index (χ0) is 16.1. The number of hydrogen-bond donors (Lipinski definition) is 2. The highest BCUT2D eigenvalue weighted by Gasteiger charge is 2.15. The molecule has 0 heterocycles. The van der Waals surface area contributed by atoms with E-state index in [-0.39, 0.29) is 24.4 Å². The molecule has 0 aromatic heterocycles. The highest BCUT2D eigenvalue weighted by Crippen LogP contribution is 2.26. The van der Waals surface area contributed by atoms with Gasteiger partial charge in [-0.3, -0.25) is 4.79 Å². The number of nitrogens with two attached hydrogens (primary N) is 1. The zero-order valence-corrected chi connectivity index (χ0v) is 14.4. The van der Waals surface area contributed by atoms with Crippen LogP contribution in [0.2, 0.25) is 0 Å². The third kappa shape index (κ3) is 4.71. The Balaban J connectivity index is 0.00000264. The summed E-state index contributed by atoms with van der Waals surface area (Å²) in [6.45, 7) is 4.44. The first kappa shape index (κ1) is 19.0. The summed E-state index contributed by atoms with van der Waals surface area (Å²) in [6.07, 6.45) is 0. The van der Waals surface area contributed by atoms with Gasteiger partial charge >= 0.3 is 0 Å². The van der Waals surface area contributed by atoms with Crippen molar-refractivity contribution in [3.8, 4) is 5.75 Å². The Morgan fingerprint density at radius 3 is 2.43 bits per heavy atom. The molecular weight excluding hydrogens is 312 g/mol. The highest BCUT2D eigenvalue weighted by atomic mass is 35.5. The van der Waals surface area contributed by atoms with Crippen LogP contribution in [-0.4, -0.2) is 13.0 Å². The average Bonchev–Trinajstić information content (AvgIpc) is 2.54. The maximum Gasteiger partial charge on any atom is 0.251 e. The first-order chi connectivity index (χ1) is 10.5. The summed E-state index contributed by atoms with van der Waals surface area (Å²) in [5.74, 6) is 0.663. The zero-order valence-electron chi connectivity index (χ0n) is 13.6. The van der Waals surface area contributed by atoms with E-state index in [0.29, 0.717) is 12.1 Å². The molecular formula is C18H23ClN2O2. The van der Waals surface area contributed by atoms with Crippen molar-refractivity contribution in [2.75, 3.05) is 7.11 Å². The molecule has 5 heteroatoms. The van der Waals surface area contributed by atoms with Crippen LogP contribution in [0.25, 0.3) is 0 Å². The highest BCUT2D eigenvalue weighted by molar-refractivity contribution is 5.94. The number of benzene rings is 2. The maximum absolute atomic E-state index is 12.3. The van der Waals surface area contributed by atoms with Gasteiger partial charge in [-0.2, -0.15) is 0 Å². The quantitative estimate of drug-likeness (QED) is 0.881. The topological polar surface area (TPSA) is 64.3 Å². The third-order valence-corrected chi connectivity index (χ3v) is 3.65. The molecule has 124 valence electrons. The Bertz CT molecular complexity index is 657. The van der Waals surface area contributed by atoms with Crippen LogP contribution >= 0.6 is 12.4 Å². The molecule has 2 rings (SSSR count). The lowest BCUT2D eigenvalue weighted by atomic mass is 10.0. The first-order valence-electron chi connectivity index (χ1n) is 7.29. The van der Waals surface area contributed by atoms with E-state index in [4.69, 9.17) is 10.5 Å². The molecule has 0 fully saturated rings. The number of carbonyl (C=O) groups is 1. The standard InChI is InChI=1S/C18H22N2O2.ClH/c1-12-4-9-17(22-3)16(10-12)13(2)20-18(21)15-7-5-14(11-19)6-8-15;/h4-10,13H,11,19H2,1-3H3,(H,20,21);1H. The van der Waals surface area contributed by atoms with E-state index in [1.165, 1.54) is 0 Å². The lowest BCUT2D eigenvalue weighted by Crippen LogP contribution is -2.27. The van der Waals surface area contributed by atoms with Crippen molar-refractivity contribution in [1.82, 2.24) is 5.32 Å². The lowest BCUT2D eigenvalue weighted by molar-refractivity contribution is 0.0939. The van der Waals surface area contributed by atoms with Crippen LogP contribution in [0.5, 0.6) is 5.75 Å². The fourth-order valence-corrected chi connectivity index (χ4v) is 2.34. The minimum atomic E-state index is -0.142. The summed E-state index contributed by atoms with van der Waals surface area (Å²) in [5, 5.41) is 3.00. The Labute approximate surface area is 143 Å². The molecule has 1 amide bonds. The number of amides is 1. The van der Waals surface area contributed by atoms with E-state index in [0.717, 1.165) is 22.4 Å². The van der Waals surface area contributed by atoms with Crippen LogP contribution in [0.15, 0.2) is 42.5 Å². The Morgan fingerprint density at radius 1 is 1.22 bits per heavy atom. The molecule has 0 spiro atoms. The summed E-state index contributed by atoms with van der Waals surface area (Å²) in [5.41, 5.74) is 9.29. The van der Waals surface area contributed by atoms with Crippen molar-refractivity contribution in [3.05, 3.63) is 64.7 Å². The second-order valence-corrected chi connectivity index (χ2v) is 5.34. The van der Waals surface area contributed by atoms with Crippen LogP contribution in [0.3, 0.4) is 0 Å². The van der Waals surface area contributed by atoms with Crippen molar-refractivity contribution in [2.24, 2.45) is 5.73 Å². The predicted octanol–water partition coefficient (Wildman–Crippen LogP) is 3.38. The Morgan fingerprint density at radius 2 is 1.87 bits per heavy atom. The van der Waals surface area contributed by atoms with E-state index < -0.39 is 0 Å². The first-order valence-corrected chi connectivity index (χ1v) is 7.29. The second-order valence-electron chi connectivity index (χ2n) is 5.34. The molecule has 0 saturated carbocycles. The number of methoxy groups -OCH3 is 1. The minimum absolute atomic E-state index is 0. The summed E-state index contributed by atoms with van der Waals surface area (Å²) in [6, 6.07) is 13.1.